The van der Waals surface area contributed by atoms with E-state index in [2.05, 4.69) is 12.2 Å². The second kappa shape index (κ2) is 7.85. The Kier molecular flexibility index (Phi) is 6.39. The first-order chi connectivity index (χ1) is 10.0. The zero-order valence-corrected chi connectivity index (χ0v) is 13.2. The molecule has 3 atom stereocenters. The highest BCUT2D eigenvalue weighted by Crippen LogP contribution is 2.43. The van der Waals surface area contributed by atoms with Crippen molar-refractivity contribution in [1.29, 1.82) is 0 Å². The number of rotatable bonds is 5. The molecule has 0 bridgehead atoms. The lowest BCUT2D eigenvalue weighted by atomic mass is 9.71. The summed E-state index contributed by atoms with van der Waals surface area (Å²) >= 11 is 0. The van der Waals surface area contributed by atoms with Gasteiger partial charge in [-0.2, -0.15) is 13.2 Å². The molecule has 2 saturated carbocycles. The highest BCUT2D eigenvalue weighted by molar-refractivity contribution is 4.89. The maximum absolute atomic E-state index is 13.1. The van der Waals surface area contributed by atoms with E-state index in [0.717, 1.165) is 25.8 Å². The van der Waals surface area contributed by atoms with Crippen LogP contribution in [0.4, 0.5) is 13.2 Å². The van der Waals surface area contributed by atoms with E-state index < -0.39 is 12.1 Å². The summed E-state index contributed by atoms with van der Waals surface area (Å²) in [5.41, 5.74) is 0. The van der Waals surface area contributed by atoms with Gasteiger partial charge in [-0.05, 0) is 56.9 Å². The van der Waals surface area contributed by atoms with Crippen LogP contribution in [0, 0.1) is 17.8 Å². The Morgan fingerprint density at radius 2 is 1.62 bits per heavy atom. The minimum Gasteiger partial charge on any atom is -0.313 e. The first-order valence-corrected chi connectivity index (χ1v) is 8.82. The van der Waals surface area contributed by atoms with Crippen molar-refractivity contribution in [2.24, 2.45) is 17.8 Å². The summed E-state index contributed by atoms with van der Waals surface area (Å²) in [5, 5.41) is 3.61. The normalized spacial score (nSPS) is 30.3. The van der Waals surface area contributed by atoms with Crippen LogP contribution in [-0.2, 0) is 0 Å². The highest BCUT2D eigenvalue weighted by Gasteiger charge is 2.44. The van der Waals surface area contributed by atoms with E-state index in [1.165, 1.54) is 32.1 Å². The van der Waals surface area contributed by atoms with Crippen molar-refractivity contribution in [3.05, 3.63) is 0 Å². The summed E-state index contributed by atoms with van der Waals surface area (Å²) in [6.45, 7) is 3.07. The SMILES string of the molecule is CCCNC(C1CCCCC1)C1CCCC(C(F)(F)F)C1. The van der Waals surface area contributed by atoms with Crippen molar-refractivity contribution in [2.75, 3.05) is 6.54 Å². The Balaban J connectivity index is 2.00. The van der Waals surface area contributed by atoms with Crippen LogP contribution in [0.1, 0.15) is 71.1 Å². The van der Waals surface area contributed by atoms with Crippen LogP contribution in [0.3, 0.4) is 0 Å². The van der Waals surface area contributed by atoms with Crippen LogP contribution >= 0.6 is 0 Å². The second-order valence-electron chi connectivity index (χ2n) is 7.04. The molecule has 0 radical (unpaired) electrons. The number of halogens is 3. The summed E-state index contributed by atoms with van der Waals surface area (Å²) < 4.78 is 39.2. The number of alkyl halides is 3. The smallest absolute Gasteiger partial charge is 0.313 e. The zero-order valence-electron chi connectivity index (χ0n) is 13.2. The summed E-state index contributed by atoms with van der Waals surface area (Å²) in [6.07, 6.45) is 5.67. The average Bonchev–Trinajstić information content (AvgIpc) is 2.48. The van der Waals surface area contributed by atoms with Crippen molar-refractivity contribution in [3.8, 4) is 0 Å². The molecule has 4 heteroatoms. The fraction of sp³-hybridized carbons (Fsp3) is 1.00. The van der Waals surface area contributed by atoms with E-state index in [-0.39, 0.29) is 5.92 Å². The molecule has 0 aromatic heterocycles. The molecule has 0 aromatic carbocycles. The van der Waals surface area contributed by atoms with Crippen LogP contribution < -0.4 is 5.32 Å². The molecule has 3 unspecified atom stereocenters. The Morgan fingerprint density at radius 3 is 2.24 bits per heavy atom. The van der Waals surface area contributed by atoms with Gasteiger partial charge in [0.2, 0.25) is 0 Å². The predicted molar refractivity (Wildman–Crippen MR) is 80.2 cm³/mol. The second-order valence-corrected chi connectivity index (χ2v) is 7.04. The Hall–Kier alpha value is -0.250. The third kappa shape index (κ3) is 4.87. The average molecular weight is 305 g/mol. The molecule has 2 aliphatic rings. The maximum Gasteiger partial charge on any atom is 0.391 e. The Labute approximate surface area is 127 Å². The first-order valence-electron chi connectivity index (χ1n) is 8.82. The van der Waals surface area contributed by atoms with Gasteiger partial charge in [0, 0.05) is 6.04 Å². The van der Waals surface area contributed by atoms with Gasteiger partial charge in [0.05, 0.1) is 5.92 Å². The number of hydrogen-bond acceptors (Lipinski definition) is 1. The molecular weight excluding hydrogens is 275 g/mol. The van der Waals surface area contributed by atoms with E-state index in [1.54, 1.807) is 0 Å². The summed E-state index contributed by atoms with van der Waals surface area (Å²) in [5.74, 6) is -0.243. The van der Waals surface area contributed by atoms with Crippen molar-refractivity contribution >= 4 is 0 Å². The fourth-order valence-corrected chi connectivity index (χ4v) is 4.37. The van der Waals surface area contributed by atoms with Crippen LogP contribution in [-0.4, -0.2) is 18.8 Å². The first kappa shape index (κ1) is 17.1. The summed E-state index contributed by atoms with van der Waals surface area (Å²) in [6, 6.07) is 0.315. The molecule has 0 heterocycles. The topological polar surface area (TPSA) is 12.0 Å². The van der Waals surface area contributed by atoms with Gasteiger partial charge >= 0.3 is 6.18 Å². The van der Waals surface area contributed by atoms with Gasteiger partial charge in [0.25, 0.3) is 0 Å². The van der Waals surface area contributed by atoms with E-state index in [9.17, 15) is 13.2 Å². The monoisotopic (exact) mass is 305 g/mol. The predicted octanol–water partition coefficient (Wildman–Crippen LogP) is 5.30. The van der Waals surface area contributed by atoms with E-state index in [0.29, 0.717) is 24.8 Å². The third-order valence-electron chi connectivity index (χ3n) is 5.47. The van der Waals surface area contributed by atoms with Gasteiger partial charge in [0.15, 0.2) is 0 Å². The van der Waals surface area contributed by atoms with Crippen molar-refractivity contribution < 1.29 is 13.2 Å². The highest BCUT2D eigenvalue weighted by atomic mass is 19.4. The molecule has 1 N–H and O–H groups in total. The quantitative estimate of drug-likeness (QED) is 0.726. The van der Waals surface area contributed by atoms with E-state index in [1.807, 2.05) is 0 Å². The molecule has 0 spiro atoms. The fourth-order valence-electron chi connectivity index (χ4n) is 4.37. The maximum atomic E-state index is 13.1. The number of nitrogens with one attached hydrogen (secondary N) is 1. The molecule has 0 amide bonds. The van der Waals surface area contributed by atoms with Gasteiger partial charge in [-0.15, -0.1) is 0 Å². The van der Waals surface area contributed by atoms with Crippen molar-refractivity contribution in [2.45, 2.75) is 83.4 Å². The molecule has 2 aliphatic carbocycles. The minimum atomic E-state index is -4.00. The third-order valence-corrected chi connectivity index (χ3v) is 5.47. The van der Waals surface area contributed by atoms with Gasteiger partial charge in [-0.1, -0.05) is 32.6 Å². The van der Waals surface area contributed by atoms with Crippen LogP contribution in [0.15, 0.2) is 0 Å². The van der Waals surface area contributed by atoms with Gasteiger partial charge in [-0.3, -0.25) is 0 Å². The van der Waals surface area contributed by atoms with Crippen LogP contribution in [0.25, 0.3) is 0 Å². The van der Waals surface area contributed by atoms with E-state index in [4.69, 9.17) is 0 Å². The molecule has 124 valence electrons. The number of hydrogen-bond donors (Lipinski definition) is 1. The van der Waals surface area contributed by atoms with Gasteiger partial charge in [0.1, 0.15) is 0 Å². The van der Waals surface area contributed by atoms with Gasteiger partial charge < -0.3 is 5.32 Å². The van der Waals surface area contributed by atoms with Gasteiger partial charge in [-0.25, -0.2) is 0 Å². The van der Waals surface area contributed by atoms with Crippen molar-refractivity contribution in [1.82, 2.24) is 5.32 Å². The Morgan fingerprint density at radius 1 is 0.952 bits per heavy atom. The lowest BCUT2D eigenvalue weighted by molar-refractivity contribution is -0.187. The summed E-state index contributed by atoms with van der Waals surface area (Å²) in [4.78, 5) is 0. The molecule has 0 aliphatic heterocycles. The van der Waals surface area contributed by atoms with Crippen molar-refractivity contribution in [3.63, 3.8) is 0 Å². The Bertz CT molecular complexity index is 297. The molecular formula is C17H30F3N. The lowest BCUT2D eigenvalue weighted by Gasteiger charge is -2.41. The molecule has 21 heavy (non-hydrogen) atoms. The van der Waals surface area contributed by atoms with Crippen LogP contribution in [0.2, 0.25) is 0 Å². The lowest BCUT2D eigenvalue weighted by Crippen LogP contribution is -2.46. The molecule has 0 saturated heterocycles. The molecule has 0 aromatic rings. The molecule has 2 rings (SSSR count). The molecule has 2 fully saturated rings. The zero-order chi connectivity index (χ0) is 15.3. The standard InChI is InChI=1S/C17H30F3N/c1-2-11-21-16(13-7-4-3-5-8-13)14-9-6-10-15(12-14)17(18,19)20/h13-16,21H,2-12H2,1H3. The minimum absolute atomic E-state index is 0.222. The van der Waals surface area contributed by atoms with Crippen LogP contribution in [0.5, 0.6) is 0 Å². The summed E-state index contributed by atoms with van der Waals surface area (Å²) in [7, 11) is 0. The molecule has 1 nitrogen and oxygen atoms in total. The largest absolute Gasteiger partial charge is 0.391 e. The van der Waals surface area contributed by atoms with E-state index >= 15 is 0 Å².